The summed E-state index contributed by atoms with van der Waals surface area (Å²) < 4.78 is 32.8. The third-order valence-electron chi connectivity index (χ3n) is 3.05. The average Bonchev–Trinajstić information content (AvgIpc) is 2.68. The van der Waals surface area contributed by atoms with Crippen molar-refractivity contribution in [3.8, 4) is 11.5 Å². The molecule has 6 heteroatoms. The number of methoxy groups -OCH3 is 1. The maximum absolute atomic E-state index is 11.7. The van der Waals surface area contributed by atoms with Crippen LogP contribution >= 0.6 is 0 Å². The zero-order valence-corrected chi connectivity index (χ0v) is 11.5. The second-order valence-corrected chi connectivity index (χ2v) is 6.85. The standard InChI is InChI=1S/C13H16O5S/c1-17-11-3-2-4-12(8-11)18-13(14)7-10-5-6-19(15,16)9-10/h2-4,8,10H,5-7,9H2,1H3. The summed E-state index contributed by atoms with van der Waals surface area (Å²) in [6, 6.07) is 6.75. The number of esters is 1. The highest BCUT2D eigenvalue weighted by Crippen LogP contribution is 2.24. The van der Waals surface area contributed by atoms with Gasteiger partial charge in [0.2, 0.25) is 0 Å². The summed E-state index contributed by atoms with van der Waals surface area (Å²) in [7, 11) is -1.42. The Kier molecular flexibility index (Phi) is 4.09. The van der Waals surface area contributed by atoms with Gasteiger partial charge in [-0.05, 0) is 24.5 Å². The van der Waals surface area contributed by atoms with E-state index >= 15 is 0 Å². The molecule has 19 heavy (non-hydrogen) atoms. The first-order valence-electron chi connectivity index (χ1n) is 6.04. The van der Waals surface area contributed by atoms with Crippen molar-refractivity contribution in [1.29, 1.82) is 0 Å². The van der Waals surface area contributed by atoms with Gasteiger partial charge in [-0.3, -0.25) is 4.79 Å². The van der Waals surface area contributed by atoms with Gasteiger partial charge in [-0.2, -0.15) is 0 Å². The smallest absolute Gasteiger partial charge is 0.311 e. The van der Waals surface area contributed by atoms with Crippen LogP contribution in [0.1, 0.15) is 12.8 Å². The molecule has 1 unspecified atom stereocenters. The summed E-state index contributed by atoms with van der Waals surface area (Å²) in [5.74, 6) is 0.738. The number of ether oxygens (including phenoxy) is 2. The van der Waals surface area contributed by atoms with Crippen molar-refractivity contribution in [1.82, 2.24) is 0 Å². The van der Waals surface area contributed by atoms with Gasteiger partial charge in [0.05, 0.1) is 18.6 Å². The van der Waals surface area contributed by atoms with Crippen molar-refractivity contribution in [3.05, 3.63) is 24.3 Å². The minimum absolute atomic E-state index is 0.0835. The molecule has 1 aliphatic rings. The van der Waals surface area contributed by atoms with Gasteiger partial charge >= 0.3 is 5.97 Å². The molecule has 1 aromatic carbocycles. The number of hydrogen-bond donors (Lipinski definition) is 0. The summed E-state index contributed by atoms with van der Waals surface area (Å²) in [4.78, 5) is 11.7. The van der Waals surface area contributed by atoms with Crippen LogP contribution in [-0.2, 0) is 14.6 Å². The fourth-order valence-electron chi connectivity index (χ4n) is 2.11. The molecule has 0 aromatic heterocycles. The fraction of sp³-hybridized carbons (Fsp3) is 0.462. The number of carbonyl (C=O) groups excluding carboxylic acids is 1. The second-order valence-electron chi connectivity index (χ2n) is 4.63. The predicted octanol–water partition coefficient (Wildman–Crippen LogP) is 1.43. The molecule has 0 amide bonds. The Bertz CT molecular complexity index is 564. The van der Waals surface area contributed by atoms with Gasteiger partial charge in [0.25, 0.3) is 0 Å². The van der Waals surface area contributed by atoms with E-state index in [1.54, 1.807) is 24.3 Å². The molecular weight excluding hydrogens is 268 g/mol. The molecule has 1 aliphatic heterocycles. The molecule has 1 aromatic rings. The SMILES string of the molecule is COc1cccc(OC(=O)CC2CCS(=O)(=O)C2)c1. The first kappa shape index (κ1) is 13.9. The first-order chi connectivity index (χ1) is 8.98. The highest BCUT2D eigenvalue weighted by atomic mass is 32.2. The Labute approximate surface area is 112 Å². The highest BCUT2D eigenvalue weighted by molar-refractivity contribution is 7.91. The van der Waals surface area contributed by atoms with Gasteiger partial charge in [0, 0.05) is 12.5 Å². The molecule has 0 bridgehead atoms. The molecule has 104 valence electrons. The Morgan fingerprint density at radius 3 is 2.74 bits per heavy atom. The average molecular weight is 284 g/mol. The summed E-state index contributed by atoms with van der Waals surface area (Å²) >= 11 is 0. The molecular formula is C13H16O5S. The van der Waals surface area contributed by atoms with Gasteiger partial charge in [-0.25, -0.2) is 8.42 Å². The van der Waals surface area contributed by atoms with Gasteiger partial charge in [-0.15, -0.1) is 0 Å². The largest absolute Gasteiger partial charge is 0.497 e. The van der Waals surface area contributed by atoms with Crippen LogP contribution in [0.15, 0.2) is 24.3 Å². The lowest BCUT2D eigenvalue weighted by molar-refractivity contribution is -0.135. The molecule has 1 heterocycles. The van der Waals surface area contributed by atoms with Gasteiger partial charge in [0.15, 0.2) is 9.84 Å². The normalized spacial score (nSPS) is 21.0. The Morgan fingerprint density at radius 1 is 1.37 bits per heavy atom. The minimum Gasteiger partial charge on any atom is -0.497 e. The van der Waals surface area contributed by atoms with E-state index in [0.29, 0.717) is 17.9 Å². The molecule has 1 saturated heterocycles. The van der Waals surface area contributed by atoms with Crippen LogP contribution in [0, 0.1) is 5.92 Å². The Hall–Kier alpha value is -1.56. The van der Waals surface area contributed by atoms with Crippen molar-refractivity contribution < 1.29 is 22.7 Å². The molecule has 0 radical (unpaired) electrons. The third kappa shape index (κ3) is 3.96. The van der Waals surface area contributed by atoms with E-state index in [1.807, 2.05) is 0 Å². The minimum atomic E-state index is -2.95. The highest BCUT2D eigenvalue weighted by Gasteiger charge is 2.29. The number of benzene rings is 1. The molecule has 1 atom stereocenters. The van der Waals surface area contributed by atoms with Crippen LogP contribution in [0.5, 0.6) is 11.5 Å². The summed E-state index contributed by atoms with van der Waals surface area (Å²) in [6.45, 7) is 0. The van der Waals surface area contributed by atoms with E-state index in [4.69, 9.17) is 9.47 Å². The zero-order chi connectivity index (χ0) is 13.9. The monoisotopic (exact) mass is 284 g/mol. The van der Waals surface area contributed by atoms with E-state index < -0.39 is 15.8 Å². The summed E-state index contributed by atoms with van der Waals surface area (Å²) in [6.07, 6.45) is 0.673. The predicted molar refractivity (Wildman–Crippen MR) is 70.0 cm³/mol. The molecule has 2 rings (SSSR count). The lowest BCUT2D eigenvalue weighted by Gasteiger charge is -2.08. The van der Waals surface area contributed by atoms with Crippen LogP contribution in [0.2, 0.25) is 0 Å². The van der Waals surface area contributed by atoms with Crippen LogP contribution < -0.4 is 9.47 Å². The lowest BCUT2D eigenvalue weighted by Crippen LogP contribution is -2.15. The van der Waals surface area contributed by atoms with Gasteiger partial charge in [0.1, 0.15) is 11.5 Å². The Morgan fingerprint density at radius 2 is 2.11 bits per heavy atom. The number of rotatable bonds is 4. The van der Waals surface area contributed by atoms with E-state index in [2.05, 4.69) is 0 Å². The molecule has 5 nitrogen and oxygen atoms in total. The van der Waals surface area contributed by atoms with Crippen LogP contribution in [-0.4, -0.2) is 33.0 Å². The third-order valence-corrected chi connectivity index (χ3v) is 4.89. The molecule has 1 fully saturated rings. The van der Waals surface area contributed by atoms with Crippen molar-refractivity contribution in [3.63, 3.8) is 0 Å². The van der Waals surface area contributed by atoms with Crippen LogP contribution in [0.4, 0.5) is 0 Å². The van der Waals surface area contributed by atoms with E-state index in [9.17, 15) is 13.2 Å². The summed E-state index contributed by atoms with van der Waals surface area (Å²) in [5.41, 5.74) is 0. The molecule has 0 spiro atoms. The second kappa shape index (κ2) is 5.61. The van der Waals surface area contributed by atoms with Crippen LogP contribution in [0.25, 0.3) is 0 Å². The quantitative estimate of drug-likeness (QED) is 0.618. The van der Waals surface area contributed by atoms with Crippen molar-refractivity contribution >= 4 is 15.8 Å². The van der Waals surface area contributed by atoms with E-state index in [1.165, 1.54) is 7.11 Å². The number of carbonyl (C=O) groups is 1. The van der Waals surface area contributed by atoms with Gasteiger partial charge in [-0.1, -0.05) is 6.07 Å². The van der Waals surface area contributed by atoms with E-state index in [0.717, 1.165) is 0 Å². The number of sulfone groups is 1. The van der Waals surface area contributed by atoms with E-state index in [-0.39, 0.29) is 23.8 Å². The van der Waals surface area contributed by atoms with Crippen LogP contribution in [0.3, 0.4) is 0 Å². The molecule has 0 saturated carbocycles. The lowest BCUT2D eigenvalue weighted by atomic mass is 10.1. The maximum Gasteiger partial charge on any atom is 0.311 e. The fourth-order valence-corrected chi connectivity index (χ4v) is 3.97. The maximum atomic E-state index is 11.7. The van der Waals surface area contributed by atoms with Crippen molar-refractivity contribution in [2.45, 2.75) is 12.8 Å². The Balaban J connectivity index is 1.91. The van der Waals surface area contributed by atoms with Crippen molar-refractivity contribution in [2.75, 3.05) is 18.6 Å². The van der Waals surface area contributed by atoms with Gasteiger partial charge < -0.3 is 9.47 Å². The zero-order valence-electron chi connectivity index (χ0n) is 10.7. The van der Waals surface area contributed by atoms with Crippen molar-refractivity contribution in [2.24, 2.45) is 5.92 Å². The first-order valence-corrected chi connectivity index (χ1v) is 7.86. The topological polar surface area (TPSA) is 69.7 Å². The summed E-state index contributed by atoms with van der Waals surface area (Å²) in [5, 5.41) is 0. The molecule has 0 N–H and O–H groups in total. The number of hydrogen-bond acceptors (Lipinski definition) is 5. The molecule has 0 aliphatic carbocycles.